The van der Waals surface area contributed by atoms with E-state index in [0.29, 0.717) is 6.61 Å². The monoisotopic (exact) mass is 304 g/mol. The Morgan fingerprint density at radius 1 is 1.06 bits per heavy atom. The molecule has 2 heteroatoms. The lowest BCUT2D eigenvalue weighted by Crippen LogP contribution is -1.99. The summed E-state index contributed by atoms with van der Waals surface area (Å²) in [5.41, 5.74) is 3.74. The Balaban J connectivity index is 2.13. The van der Waals surface area contributed by atoms with E-state index in [-0.39, 0.29) is 0 Å². The van der Waals surface area contributed by atoms with Crippen molar-refractivity contribution in [3.8, 4) is 5.75 Å². The molecule has 0 atom stereocenters. The Hall–Kier alpha value is -1.28. The van der Waals surface area contributed by atoms with Crippen molar-refractivity contribution in [2.24, 2.45) is 0 Å². The zero-order valence-electron chi connectivity index (χ0n) is 10.7. The molecule has 18 heavy (non-hydrogen) atoms. The van der Waals surface area contributed by atoms with Gasteiger partial charge in [-0.2, -0.15) is 0 Å². The van der Waals surface area contributed by atoms with E-state index in [4.69, 9.17) is 4.74 Å². The molecule has 0 bridgehead atoms. The molecule has 2 rings (SSSR count). The van der Waals surface area contributed by atoms with E-state index < -0.39 is 0 Å². The molecule has 0 aliphatic carbocycles. The Kier molecular flexibility index (Phi) is 4.43. The van der Waals surface area contributed by atoms with Crippen LogP contribution in [-0.2, 0) is 13.0 Å². The Morgan fingerprint density at radius 2 is 1.83 bits per heavy atom. The molecule has 0 N–H and O–H groups in total. The van der Waals surface area contributed by atoms with Gasteiger partial charge in [0.05, 0.1) is 0 Å². The van der Waals surface area contributed by atoms with Gasteiger partial charge in [-0.3, -0.25) is 0 Å². The first kappa shape index (κ1) is 13.2. The van der Waals surface area contributed by atoms with Crippen molar-refractivity contribution in [1.82, 2.24) is 0 Å². The molecule has 0 spiro atoms. The predicted molar refractivity (Wildman–Crippen MR) is 79.0 cm³/mol. The number of ether oxygens (including phenoxy) is 1. The third kappa shape index (κ3) is 3.14. The molecule has 0 unspecified atom stereocenters. The Morgan fingerprint density at radius 3 is 2.56 bits per heavy atom. The molecule has 1 nitrogen and oxygen atoms in total. The van der Waals surface area contributed by atoms with Crippen LogP contribution >= 0.6 is 15.9 Å². The highest BCUT2D eigenvalue weighted by Crippen LogP contribution is 2.24. The lowest BCUT2D eigenvalue weighted by molar-refractivity contribution is 0.302. The summed E-state index contributed by atoms with van der Waals surface area (Å²) in [7, 11) is 0. The van der Waals surface area contributed by atoms with Gasteiger partial charge in [0.25, 0.3) is 0 Å². The van der Waals surface area contributed by atoms with E-state index in [0.717, 1.165) is 16.6 Å². The van der Waals surface area contributed by atoms with Gasteiger partial charge in [0, 0.05) is 4.47 Å². The van der Waals surface area contributed by atoms with Gasteiger partial charge in [-0.25, -0.2) is 0 Å². The van der Waals surface area contributed by atoms with Crippen LogP contribution in [0.25, 0.3) is 0 Å². The van der Waals surface area contributed by atoms with Gasteiger partial charge >= 0.3 is 0 Å². The number of benzene rings is 2. The highest BCUT2D eigenvalue weighted by atomic mass is 79.9. The molecule has 0 heterocycles. The largest absolute Gasteiger partial charge is 0.489 e. The fraction of sp³-hybridized carbons (Fsp3) is 0.250. The molecule has 0 aromatic heterocycles. The fourth-order valence-corrected chi connectivity index (χ4v) is 2.30. The minimum atomic E-state index is 0.626. The second-order valence-corrected chi connectivity index (χ2v) is 5.24. The standard InChI is InChI=1S/C16H17BrO/c1-3-13-10-15(17)8-9-16(13)18-11-14-7-5-4-6-12(14)2/h4-10H,3,11H2,1-2H3. The van der Waals surface area contributed by atoms with Crippen LogP contribution in [0.1, 0.15) is 23.6 Å². The number of hydrogen-bond donors (Lipinski definition) is 0. The van der Waals surface area contributed by atoms with E-state index >= 15 is 0 Å². The zero-order valence-corrected chi connectivity index (χ0v) is 12.3. The Labute approximate surface area is 117 Å². The molecule has 0 fully saturated rings. The van der Waals surface area contributed by atoms with Crippen molar-refractivity contribution in [3.63, 3.8) is 0 Å². The maximum atomic E-state index is 5.93. The maximum absolute atomic E-state index is 5.93. The lowest BCUT2D eigenvalue weighted by atomic mass is 10.1. The molecule has 0 aliphatic heterocycles. The van der Waals surface area contributed by atoms with E-state index in [2.05, 4.69) is 54.0 Å². The summed E-state index contributed by atoms with van der Waals surface area (Å²) >= 11 is 3.49. The average Bonchev–Trinajstić information content (AvgIpc) is 2.39. The molecule has 0 aliphatic rings. The van der Waals surface area contributed by atoms with Crippen molar-refractivity contribution in [1.29, 1.82) is 0 Å². The van der Waals surface area contributed by atoms with Gasteiger partial charge in [0.2, 0.25) is 0 Å². The van der Waals surface area contributed by atoms with Crippen LogP contribution in [0.4, 0.5) is 0 Å². The maximum Gasteiger partial charge on any atom is 0.123 e. The van der Waals surface area contributed by atoms with Crippen LogP contribution in [0.15, 0.2) is 46.9 Å². The van der Waals surface area contributed by atoms with Crippen LogP contribution in [0.5, 0.6) is 5.75 Å². The topological polar surface area (TPSA) is 9.23 Å². The molecule has 0 amide bonds. The van der Waals surface area contributed by atoms with Crippen molar-refractivity contribution in [2.75, 3.05) is 0 Å². The first-order chi connectivity index (χ1) is 8.70. The van der Waals surface area contributed by atoms with Gasteiger partial charge in [-0.15, -0.1) is 0 Å². The van der Waals surface area contributed by atoms with E-state index in [1.165, 1.54) is 16.7 Å². The number of hydrogen-bond acceptors (Lipinski definition) is 1. The van der Waals surface area contributed by atoms with Crippen LogP contribution in [0, 0.1) is 6.92 Å². The second kappa shape index (κ2) is 6.05. The molecular formula is C16H17BrO. The third-order valence-corrected chi connectivity index (χ3v) is 3.54. The smallest absolute Gasteiger partial charge is 0.123 e. The number of rotatable bonds is 4. The molecule has 0 radical (unpaired) electrons. The van der Waals surface area contributed by atoms with Gasteiger partial charge in [0.1, 0.15) is 12.4 Å². The second-order valence-electron chi connectivity index (χ2n) is 4.32. The average molecular weight is 305 g/mol. The van der Waals surface area contributed by atoms with Gasteiger partial charge < -0.3 is 4.74 Å². The summed E-state index contributed by atoms with van der Waals surface area (Å²) in [6.07, 6.45) is 0.975. The lowest BCUT2D eigenvalue weighted by Gasteiger charge is -2.12. The first-order valence-corrected chi connectivity index (χ1v) is 6.95. The molecular weight excluding hydrogens is 288 g/mol. The highest BCUT2D eigenvalue weighted by molar-refractivity contribution is 9.10. The quantitative estimate of drug-likeness (QED) is 0.780. The van der Waals surface area contributed by atoms with Crippen molar-refractivity contribution in [3.05, 3.63) is 63.6 Å². The number of halogens is 1. The Bertz CT molecular complexity index is 534. The van der Waals surface area contributed by atoms with Crippen LogP contribution in [0.2, 0.25) is 0 Å². The summed E-state index contributed by atoms with van der Waals surface area (Å²) in [6.45, 7) is 4.88. The summed E-state index contributed by atoms with van der Waals surface area (Å²) in [4.78, 5) is 0. The predicted octanol–water partition coefficient (Wildman–Crippen LogP) is 4.90. The summed E-state index contributed by atoms with van der Waals surface area (Å²) in [5.74, 6) is 0.976. The SMILES string of the molecule is CCc1cc(Br)ccc1OCc1ccccc1C. The van der Waals surface area contributed by atoms with Crippen molar-refractivity contribution >= 4 is 15.9 Å². The summed E-state index contributed by atoms with van der Waals surface area (Å²) in [5, 5.41) is 0. The van der Waals surface area contributed by atoms with Crippen molar-refractivity contribution in [2.45, 2.75) is 26.9 Å². The zero-order chi connectivity index (χ0) is 13.0. The van der Waals surface area contributed by atoms with Crippen LogP contribution in [0.3, 0.4) is 0 Å². The minimum Gasteiger partial charge on any atom is -0.489 e. The molecule has 0 saturated carbocycles. The first-order valence-electron chi connectivity index (χ1n) is 6.16. The normalized spacial score (nSPS) is 10.4. The van der Waals surface area contributed by atoms with E-state index in [1.54, 1.807) is 0 Å². The van der Waals surface area contributed by atoms with Crippen LogP contribution < -0.4 is 4.74 Å². The minimum absolute atomic E-state index is 0.626. The number of aryl methyl sites for hydroxylation is 2. The van der Waals surface area contributed by atoms with Crippen molar-refractivity contribution < 1.29 is 4.74 Å². The third-order valence-electron chi connectivity index (χ3n) is 3.05. The fourth-order valence-electron chi connectivity index (χ4n) is 1.89. The van der Waals surface area contributed by atoms with Crippen LogP contribution in [-0.4, -0.2) is 0 Å². The molecule has 2 aromatic rings. The van der Waals surface area contributed by atoms with Gasteiger partial charge in [-0.05, 0) is 48.2 Å². The highest BCUT2D eigenvalue weighted by Gasteiger charge is 2.04. The van der Waals surface area contributed by atoms with E-state index in [1.807, 2.05) is 18.2 Å². The van der Waals surface area contributed by atoms with Gasteiger partial charge in [0.15, 0.2) is 0 Å². The summed E-state index contributed by atoms with van der Waals surface area (Å²) < 4.78 is 7.03. The molecule has 2 aromatic carbocycles. The molecule has 0 saturated heterocycles. The summed E-state index contributed by atoms with van der Waals surface area (Å²) in [6, 6.07) is 14.5. The molecule has 94 valence electrons. The van der Waals surface area contributed by atoms with Gasteiger partial charge in [-0.1, -0.05) is 47.1 Å². The van der Waals surface area contributed by atoms with E-state index in [9.17, 15) is 0 Å².